The summed E-state index contributed by atoms with van der Waals surface area (Å²) in [6, 6.07) is 13.3. The van der Waals surface area contributed by atoms with Crippen LogP contribution < -0.4 is 24.7 Å². The first-order valence-electron chi connectivity index (χ1n) is 9.95. The van der Waals surface area contributed by atoms with Crippen molar-refractivity contribution in [3.8, 4) is 23.0 Å². The lowest BCUT2D eigenvalue weighted by Crippen LogP contribution is -2.31. The van der Waals surface area contributed by atoms with Crippen molar-refractivity contribution in [3.05, 3.63) is 65.9 Å². The maximum Gasteiger partial charge on any atom is 0.261 e. The van der Waals surface area contributed by atoms with Gasteiger partial charge in [-0.25, -0.2) is 13.4 Å². The lowest BCUT2D eigenvalue weighted by atomic mass is 10.1. The van der Waals surface area contributed by atoms with Crippen molar-refractivity contribution in [2.75, 3.05) is 34.2 Å². The standard InChI is InChI=1S/C23H27N3O6S/c1-29-19-7-5-16(21(12-19)31-3)14-26(33(27,28)23-11-18(24)9-10-25-23)15-17-6-8-20(30-2)13-22(17)32-4/h5-13H,14-15H2,1-4H3,(H2,24,25). The quantitative estimate of drug-likeness (QED) is 0.478. The zero-order valence-electron chi connectivity index (χ0n) is 18.9. The maximum absolute atomic E-state index is 13.6. The highest BCUT2D eigenvalue weighted by Crippen LogP contribution is 2.31. The average Bonchev–Trinajstić information content (AvgIpc) is 2.83. The molecule has 0 aliphatic carbocycles. The molecular formula is C23H27N3O6S. The summed E-state index contributed by atoms with van der Waals surface area (Å²) in [5.41, 5.74) is 7.43. The minimum Gasteiger partial charge on any atom is -0.497 e. The van der Waals surface area contributed by atoms with E-state index in [0.717, 1.165) is 0 Å². The monoisotopic (exact) mass is 473 g/mol. The summed E-state index contributed by atoms with van der Waals surface area (Å²) in [7, 11) is 2.10. The first-order valence-corrected chi connectivity index (χ1v) is 11.4. The molecule has 0 atom stereocenters. The minimum absolute atomic E-state index is 0.0150. The van der Waals surface area contributed by atoms with Gasteiger partial charge in [-0.1, -0.05) is 12.1 Å². The van der Waals surface area contributed by atoms with Gasteiger partial charge in [-0.15, -0.1) is 0 Å². The van der Waals surface area contributed by atoms with Gasteiger partial charge in [0.1, 0.15) is 23.0 Å². The van der Waals surface area contributed by atoms with Crippen molar-refractivity contribution in [2.45, 2.75) is 18.1 Å². The Labute approximate surface area is 193 Å². The zero-order chi connectivity index (χ0) is 24.0. The lowest BCUT2D eigenvalue weighted by Gasteiger charge is -2.24. The topological polar surface area (TPSA) is 113 Å². The molecule has 0 radical (unpaired) electrons. The number of nitrogens with two attached hydrogens (primary N) is 1. The highest BCUT2D eigenvalue weighted by atomic mass is 32.2. The molecule has 9 nitrogen and oxygen atoms in total. The number of sulfonamides is 1. The Morgan fingerprint density at radius 1 is 0.788 bits per heavy atom. The largest absolute Gasteiger partial charge is 0.497 e. The number of benzene rings is 2. The number of anilines is 1. The van der Waals surface area contributed by atoms with Crippen LogP contribution in [-0.2, 0) is 23.1 Å². The number of aromatic nitrogens is 1. The SMILES string of the molecule is COc1ccc(CN(Cc2ccc(OC)cc2OC)S(=O)(=O)c2cc(N)ccn2)c(OC)c1. The number of rotatable bonds is 10. The second-order valence-corrected chi connectivity index (χ2v) is 8.94. The molecule has 0 amide bonds. The summed E-state index contributed by atoms with van der Waals surface area (Å²) in [6.07, 6.45) is 1.36. The van der Waals surface area contributed by atoms with E-state index in [1.807, 2.05) is 0 Å². The molecule has 3 rings (SSSR count). The van der Waals surface area contributed by atoms with E-state index in [1.165, 1.54) is 36.9 Å². The second-order valence-electron chi connectivity index (χ2n) is 7.06. The number of pyridine rings is 1. The molecule has 33 heavy (non-hydrogen) atoms. The Morgan fingerprint density at radius 2 is 1.30 bits per heavy atom. The van der Waals surface area contributed by atoms with E-state index in [9.17, 15) is 8.42 Å². The summed E-state index contributed by atoms with van der Waals surface area (Å²) in [5, 5.41) is -0.151. The van der Waals surface area contributed by atoms with Crippen molar-refractivity contribution in [3.63, 3.8) is 0 Å². The molecule has 0 aliphatic heterocycles. The van der Waals surface area contributed by atoms with Crippen LogP contribution in [0.15, 0.2) is 59.8 Å². The number of hydrogen-bond donors (Lipinski definition) is 1. The average molecular weight is 474 g/mol. The molecule has 1 heterocycles. The number of ether oxygens (including phenoxy) is 4. The summed E-state index contributed by atoms with van der Waals surface area (Å²) in [4.78, 5) is 4.04. The number of methoxy groups -OCH3 is 4. The third-order valence-corrected chi connectivity index (χ3v) is 6.73. The Bertz CT molecular complexity index is 1160. The minimum atomic E-state index is -4.03. The molecule has 2 aromatic carbocycles. The fraction of sp³-hybridized carbons (Fsp3) is 0.261. The highest BCUT2D eigenvalue weighted by Gasteiger charge is 2.28. The normalized spacial score (nSPS) is 11.3. The van der Waals surface area contributed by atoms with Crippen LogP contribution in [0.25, 0.3) is 0 Å². The van der Waals surface area contributed by atoms with Gasteiger partial charge in [0.05, 0.1) is 28.4 Å². The van der Waals surface area contributed by atoms with E-state index in [0.29, 0.717) is 39.8 Å². The van der Waals surface area contributed by atoms with Gasteiger partial charge in [0, 0.05) is 48.2 Å². The molecule has 0 saturated carbocycles. The molecule has 0 unspecified atom stereocenters. The number of nitrogens with zero attached hydrogens (tertiary/aromatic N) is 2. The Hall–Kier alpha value is -3.50. The molecule has 1 aromatic heterocycles. The Balaban J connectivity index is 2.07. The van der Waals surface area contributed by atoms with Crippen molar-refractivity contribution in [1.82, 2.24) is 9.29 Å². The van der Waals surface area contributed by atoms with E-state index in [1.54, 1.807) is 50.6 Å². The first-order chi connectivity index (χ1) is 15.8. The summed E-state index contributed by atoms with van der Waals surface area (Å²) >= 11 is 0. The first kappa shape index (κ1) is 24.1. The molecule has 0 bridgehead atoms. The third kappa shape index (κ3) is 5.47. The van der Waals surface area contributed by atoms with Crippen LogP contribution in [0.3, 0.4) is 0 Å². The lowest BCUT2D eigenvalue weighted by molar-refractivity contribution is 0.357. The van der Waals surface area contributed by atoms with E-state index in [2.05, 4.69) is 4.98 Å². The van der Waals surface area contributed by atoms with Crippen LogP contribution in [0.2, 0.25) is 0 Å². The van der Waals surface area contributed by atoms with Crippen LogP contribution in [-0.4, -0.2) is 46.1 Å². The van der Waals surface area contributed by atoms with Gasteiger partial charge >= 0.3 is 0 Å². The zero-order valence-corrected chi connectivity index (χ0v) is 19.8. The van der Waals surface area contributed by atoms with Gasteiger partial charge in [0.15, 0.2) is 5.03 Å². The molecule has 10 heteroatoms. The summed E-state index contributed by atoms with van der Waals surface area (Å²) in [6.45, 7) is 0.0301. The Morgan fingerprint density at radius 3 is 1.73 bits per heavy atom. The van der Waals surface area contributed by atoms with Gasteiger partial charge < -0.3 is 24.7 Å². The molecular weight excluding hydrogens is 446 g/mol. The molecule has 0 spiro atoms. The highest BCUT2D eigenvalue weighted by molar-refractivity contribution is 7.89. The van der Waals surface area contributed by atoms with Crippen molar-refractivity contribution >= 4 is 15.7 Å². The van der Waals surface area contributed by atoms with E-state index in [4.69, 9.17) is 24.7 Å². The summed E-state index contributed by atoms with van der Waals surface area (Å²) < 4.78 is 50.0. The van der Waals surface area contributed by atoms with Crippen LogP contribution in [0.5, 0.6) is 23.0 Å². The van der Waals surface area contributed by atoms with Crippen LogP contribution in [0.4, 0.5) is 5.69 Å². The fourth-order valence-corrected chi connectivity index (χ4v) is 4.63. The van der Waals surface area contributed by atoms with Crippen molar-refractivity contribution in [1.29, 1.82) is 0 Å². The van der Waals surface area contributed by atoms with Gasteiger partial charge in [-0.3, -0.25) is 0 Å². The Kier molecular flexibility index (Phi) is 7.62. The van der Waals surface area contributed by atoms with Crippen molar-refractivity contribution < 1.29 is 27.4 Å². The molecule has 0 aliphatic rings. The molecule has 176 valence electrons. The fourth-order valence-electron chi connectivity index (χ4n) is 3.27. The summed E-state index contributed by atoms with van der Waals surface area (Å²) in [5.74, 6) is 2.19. The van der Waals surface area contributed by atoms with E-state index in [-0.39, 0.29) is 18.1 Å². The molecule has 3 aromatic rings. The molecule has 2 N–H and O–H groups in total. The van der Waals surface area contributed by atoms with Crippen LogP contribution >= 0.6 is 0 Å². The number of hydrogen-bond acceptors (Lipinski definition) is 8. The third-order valence-electron chi connectivity index (χ3n) is 5.04. The van der Waals surface area contributed by atoms with Gasteiger partial charge in [0.25, 0.3) is 10.0 Å². The maximum atomic E-state index is 13.6. The van der Waals surface area contributed by atoms with E-state index < -0.39 is 10.0 Å². The van der Waals surface area contributed by atoms with Crippen LogP contribution in [0, 0.1) is 0 Å². The van der Waals surface area contributed by atoms with Crippen LogP contribution in [0.1, 0.15) is 11.1 Å². The number of nitrogen functional groups attached to an aromatic ring is 1. The van der Waals surface area contributed by atoms with Crippen molar-refractivity contribution in [2.24, 2.45) is 0 Å². The smallest absolute Gasteiger partial charge is 0.261 e. The van der Waals surface area contributed by atoms with Gasteiger partial charge in [0.2, 0.25) is 0 Å². The van der Waals surface area contributed by atoms with Gasteiger partial charge in [-0.05, 0) is 24.3 Å². The molecule has 0 fully saturated rings. The molecule has 0 saturated heterocycles. The predicted molar refractivity (Wildman–Crippen MR) is 124 cm³/mol. The van der Waals surface area contributed by atoms with E-state index >= 15 is 0 Å². The van der Waals surface area contributed by atoms with Gasteiger partial charge in [-0.2, -0.15) is 4.31 Å². The second kappa shape index (κ2) is 10.4. The predicted octanol–water partition coefficient (Wildman–Crippen LogP) is 3.09.